The van der Waals surface area contributed by atoms with Gasteiger partial charge >= 0.3 is 0 Å². The van der Waals surface area contributed by atoms with Crippen LogP contribution in [0.1, 0.15) is 36.0 Å². The summed E-state index contributed by atoms with van der Waals surface area (Å²) >= 11 is 6.71. The van der Waals surface area contributed by atoms with E-state index >= 15 is 0 Å². The highest BCUT2D eigenvalue weighted by molar-refractivity contribution is 9.11. The summed E-state index contributed by atoms with van der Waals surface area (Å²) in [7, 11) is 0. The molecule has 1 aromatic carbocycles. The van der Waals surface area contributed by atoms with Crippen LogP contribution in [0.5, 0.6) is 0 Å². The molecule has 1 saturated heterocycles. The normalized spacial score (nSPS) is 14.9. The first kappa shape index (κ1) is 16.5. The van der Waals surface area contributed by atoms with Gasteiger partial charge in [0.1, 0.15) is 0 Å². The third-order valence-corrected chi connectivity index (χ3v) is 4.37. The van der Waals surface area contributed by atoms with Crippen molar-refractivity contribution in [3.05, 3.63) is 32.7 Å². The summed E-state index contributed by atoms with van der Waals surface area (Å²) in [5.41, 5.74) is 0.571. The van der Waals surface area contributed by atoms with E-state index in [9.17, 15) is 9.59 Å². The molecule has 21 heavy (non-hydrogen) atoms. The van der Waals surface area contributed by atoms with Gasteiger partial charge in [-0.1, -0.05) is 31.9 Å². The highest BCUT2D eigenvalue weighted by Gasteiger charge is 2.16. The number of halogens is 2. The van der Waals surface area contributed by atoms with E-state index in [2.05, 4.69) is 37.2 Å². The van der Waals surface area contributed by atoms with Crippen molar-refractivity contribution in [2.24, 2.45) is 0 Å². The molecule has 1 fully saturated rings. The minimum absolute atomic E-state index is 0.130. The molecule has 114 valence electrons. The van der Waals surface area contributed by atoms with Crippen molar-refractivity contribution < 1.29 is 9.59 Å². The zero-order valence-electron chi connectivity index (χ0n) is 11.7. The number of nitrogens with one attached hydrogen (secondary N) is 1. The van der Waals surface area contributed by atoms with E-state index in [-0.39, 0.29) is 11.8 Å². The van der Waals surface area contributed by atoms with Gasteiger partial charge in [-0.05, 0) is 37.5 Å². The SMILES string of the molecule is O=C(NCCC(=O)N1CCCCC1)c1cc(Br)cc(Br)c1. The molecule has 0 bridgehead atoms. The fraction of sp³-hybridized carbons (Fsp3) is 0.467. The molecule has 1 aromatic rings. The first-order valence-electron chi connectivity index (χ1n) is 7.08. The van der Waals surface area contributed by atoms with Crippen molar-refractivity contribution in [1.29, 1.82) is 0 Å². The second kappa shape index (κ2) is 7.94. The summed E-state index contributed by atoms with van der Waals surface area (Å²) in [6, 6.07) is 5.38. The number of piperidine rings is 1. The van der Waals surface area contributed by atoms with Crippen LogP contribution in [-0.2, 0) is 4.79 Å². The van der Waals surface area contributed by atoms with Crippen molar-refractivity contribution in [2.45, 2.75) is 25.7 Å². The number of hydrogen-bond donors (Lipinski definition) is 1. The van der Waals surface area contributed by atoms with E-state index in [0.717, 1.165) is 34.9 Å². The first-order valence-corrected chi connectivity index (χ1v) is 8.67. The molecule has 2 amide bonds. The maximum atomic E-state index is 12.0. The van der Waals surface area contributed by atoms with Crippen molar-refractivity contribution >= 4 is 43.7 Å². The molecule has 1 N–H and O–H groups in total. The number of carbonyl (C=O) groups is 2. The van der Waals surface area contributed by atoms with Crippen LogP contribution in [0, 0.1) is 0 Å². The lowest BCUT2D eigenvalue weighted by atomic mass is 10.1. The van der Waals surface area contributed by atoms with Crippen molar-refractivity contribution in [3.63, 3.8) is 0 Å². The van der Waals surface area contributed by atoms with Crippen LogP contribution in [0.3, 0.4) is 0 Å². The highest BCUT2D eigenvalue weighted by atomic mass is 79.9. The highest BCUT2D eigenvalue weighted by Crippen LogP contribution is 2.20. The Hall–Kier alpha value is -0.880. The summed E-state index contributed by atoms with van der Waals surface area (Å²) in [5, 5.41) is 2.80. The van der Waals surface area contributed by atoms with Gasteiger partial charge in [0, 0.05) is 40.6 Å². The van der Waals surface area contributed by atoms with Crippen LogP contribution in [0.4, 0.5) is 0 Å². The minimum atomic E-state index is -0.163. The van der Waals surface area contributed by atoms with Gasteiger partial charge < -0.3 is 10.2 Å². The average Bonchev–Trinajstić information content (AvgIpc) is 2.47. The Kier molecular flexibility index (Phi) is 6.23. The van der Waals surface area contributed by atoms with E-state index in [1.807, 2.05) is 11.0 Å². The molecule has 4 nitrogen and oxygen atoms in total. The van der Waals surface area contributed by atoms with Crippen LogP contribution >= 0.6 is 31.9 Å². The number of benzene rings is 1. The molecule has 2 rings (SSSR count). The van der Waals surface area contributed by atoms with Gasteiger partial charge in [-0.15, -0.1) is 0 Å². The number of hydrogen-bond acceptors (Lipinski definition) is 2. The second-order valence-electron chi connectivity index (χ2n) is 5.11. The van der Waals surface area contributed by atoms with Gasteiger partial charge in [0.2, 0.25) is 5.91 Å². The quantitative estimate of drug-likeness (QED) is 0.816. The molecular formula is C15H18Br2N2O2. The number of amides is 2. The van der Waals surface area contributed by atoms with E-state index < -0.39 is 0 Å². The Morgan fingerprint density at radius 3 is 2.29 bits per heavy atom. The lowest BCUT2D eigenvalue weighted by Gasteiger charge is -2.26. The smallest absolute Gasteiger partial charge is 0.251 e. The third kappa shape index (κ3) is 5.11. The van der Waals surface area contributed by atoms with Gasteiger partial charge in [0.25, 0.3) is 5.91 Å². The topological polar surface area (TPSA) is 49.4 Å². The monoisotopic (exact) mass is 416 g/mol. The van der Waals surface area contributed by atoms with Crippen LogP contribution in [0.15, 0.2) is 27.1 Å². The van der Waals surface area contributed by atoms with Gasteiger partial charge in [-0.3, -0.25) is 9.59 Å². The summed E-state index contributed by atoms with van der Waals surface area (Å²) in [6.45, 7) is 2.08. The Morgan fingerprint density at radius 2 is 1.67 bits per heavy atom. The van der Waals surface area contributed by atoms with Gasteiger partial charge in [0.05, 0.1) is 0 Å². The molecule has 1 aliphatic heterocycles. The van der Waals surface area contributed by atoms with Gasteiger partial charge in [-0.25, -0.2) is 0 Å². The largest absolute Gasteiger partial charge is 0.352 e. The number of rotatable bonds is 4. The maximum absolute atomic E-state index is 12.0. The lowest BCUT2D eigenvalue weighted by molar-refractivity contribution is -0.131. The maximum Gasteiger partial charge on any atom is 0.251 e. The van der Waals surface area contributed by atoms with Crippen LogP contribution in [0.2, 0.25) is 0 Å². The standard InChI is InChI=1S/C15H18Br2N2O2/c16-12-8-11(9-13(17)10-12)15(21)18-5-4-14(20)19-6-2-1-3-7-19/h8-10H,1-7H2,(H,18,21). The van der Waals surface area contributed by atoms with Gasteiger partial charge in [0.15, 0.2) is 0 Å². The van der Waals surface area contributed by atoms with Crippen LogP contribution in [-0.4, -0.2) is 36.3 Å². The van der Waals surface area contributed by atoms with E-state index in [4.69, 9.17) is 0 Å². The molecule has 0 aromatic heterocycles. The van der Waals surface area contributed by atoms with E-state index in [1.165, 1.54) is 6.42 Å². The zero-order chi connectivity index (χ0) is 15.2. The molecule has 0 radical (unpaired) electrons. The summed E-state index contributed by atoms with van der Waals surface area (Å²) < 4.78 is 1.68. The second-order valence-corrected chi connectivity index (χ2v) is 6.94. The molecule has 0 saturated carbocycles. The van der Waals surface area contributed by atoms with E-state index in [0.29, 0.717) is 18.5 Å². The average molecular weight is 418 g/mol. The molecule has 6 heteroatoms. The van der Waals surface area contributed by atoms with Crippen molar-refractivity contribution in [1.82, 2.24) is 10.2 Å². The summed E-state index contributed by atoms with van der Waals surface area (Å²) in [5.74, 6) is -0.0335. The molecule has 1 aliphatic rings. The Bertz CT molecular complexity index is 508. The lowest BCUT2D eigenvalue weighted by Crippen LogP contribution is -2.37. The molecule has 0 unspecified atom stereocenters. The number of carbonyl (C=O) groups excluding carboxylic acids is 2. The van der Waals surface area contributed by atoms with Crippen LogP contribution < -0.4 is 5.32 Å². The summed E-state index contributed by atoms with van der Waals surface area (Å²) in [4.78, 5) is 25.9. The predicted molar refractivity (Wildman–Crippen MR) is 89.2 cm³/mol. The fourth-order valence-electron chi connectivity index (χ4n) is 2.37. The van der Waals surface area contributed by atoms with Gasteiger partial charge in [-0.2, -0.15) is 0 Å². The van der Waals surface area contributed by atoms with E-state index in [1.54, 1.807) is 12.1 Å². The van der Waals surface area contributed by atoms with Crippen LogP contribution in [0.25, 0.3) is 0 Å². The molecule has 0 aliphatic carbocycles. The number of nitrogens with zero attached hydrogens (tertiary/aromatic N) is 1. The Balaban J connectivity index is 1.79. The fourth-order valence-corrected chi connectivity index (χ4v) is 3.67. The molecule has 0 spiro atoms. The minimum Gasteiger partial charge on any atom is -0.352 e. The first-order chi connectivity index (χ1) is 10.1. The van der Waals surface area contributed by atoms with Crippen molar-refractivity contribution in [3.8, 4) is 0 Å². The third-order valence-electron chi connectivity index (χ3n) is 3.46. The molecular weight excluding hydrogens is 400 g/mol. The summed E-state index contributed by atoms with van der Waals surface area (Å²) in [6.07, 6.45) is 3.74. The predicted octanol–water partition coefficient (Wildman–Crippen LogP) is 3.34. The Labute approximate surface area is 141 Å². The number of likely N-dealkylation sites (tertiary alicyclic amines) is 1. The van der Waals surface area contributed by atoms with Crippen molar-refractivity contribution in [2.75, 3.05) is 19.6 Å². The Morgan fingerprint density at radius 1 is 1.05 bits per heavy atom. The zero-order valence-corrected chi connectivity index (χ0v) is 14.9. The molecule has 1 heterocycles. The molecule has 0 atom stereocenters.